The van der Waals surface area contributed by atoms with Gasteiger partial charge in [0.25, 0.3) is 0 Å². The van der Waals surface area contributed by atoms with E-state index in [2.05, 4.69) is 13.8 Å². The fraction of sp³-hybridized carbons (Fsp3) is 0.500. The standard InChI is InChI=1S/C14H19NO2/c1-4-17-13(16)9-5-6-11-10(7-9)8-14(2,3)12(11)15/h5-7,12H,4,8,15H2,1-3H3. The maximum atomic E-state index is 11.6. The van der Waals surface area contributed by atoms with Crippen LogP contribution in [0, 0.1) is 5.41 Å². The molecule has 0 spiro atoms. The Balaban J connectivity index is 2.32. The van der Waals surface area contributed by atoms with E-state index >= 15 is 0 Å². The number of carbonyl (C=O) groups is 1. The summed E-state index contributed by atoms with van der Waals surface area (Å²) < 4.78 is 5.00. The van der Waals surface area contributed by atoms with E-state index in [0.717, 1.165) is 12.0 Å². The Bertz CT molecular complexity index is 452. The van der Waals surface area contributed by atoms with Gasteiger partial charge in [-0.3, -0.25) is 0 Å². The van der Waals surface area contributed by atoms with Crippen LogP contribution in [0.15, 0.2) is 18.2 Å². The molecular weight excluding hydrogens is 214 g/mol. The van der Waals surface area contributed by atoms with Crippen molar-refractivity contribution in [3.05, 3.63) is 34.9 Å². The van der Waals surface area contributed by atoms with Crippen LogP contribution in [0.5, 0.6) is 0 Å². The first kappa shape index (κ1) is 12.1. The SMILES string of the molecule is CCOC(=O)c1ccc2c(c1)CC(C)(C)C2N. The molecule has 1 unspecified atom stereocenters. The van der Waals surface area contributed by atoms with E-state index in [0.29, 0.717) is 12.2 Å². The summed E-state index contributed by atoms with van der Waals surface area (Å²) in [6, 6.07) is 5.73. The van der Waals surface area contributed by atoms with Crippen molar-refractivity contribution in [2.24, 2.45) is 11.1 Å². The zero-order valence-corrected chi connectivity index (χ0v) is 10.6. The predicted molar refractivity (Wildman–Crippen MR) is 66.8 cm³/mol. The van der Waals surface area contributed by atoms with Crippen LogP contribution in [-0.4, -0.2) is 12.6 Å². The molecule has 1 aromatic rings. The second-order valence-electron chi connectivity index (χ2n) is 5.28. The van der Waals surface area contributed by atoms with Gasteiger partial charge in [0.2, 0.25) is 0 Å². The molecule has 2 N–H and O–H groups in total. The molecule has 1 aliphatic rings. The number of hydrogen-bond donors (Lipinski definition) is 1. The van der Waals surface area contributed by atoms with E-state index in [1.165, 1.54) is 5.56 Å². The smallest absolute Gasteiger partial charge is 0.338 e. The molecule has 0 aliphatic heterocycles. The first-order valence-corrected chi connectivity index (χ1v) is 6.01. The van der Waals surface area contributed by atoms with Crippen LogP contribution in [0.25, 0.3) is 0 Å². The average molecular weight is 233 g/mol. The summed E-state index contributed by atoms with van der Waals surface area (Å²) in [5.74, 6) is -0.256. The topological polar surface area (TPSA) is 52.3 Å². The minimum atomic E-state index is -0.256. The summed E-state index contributed by atoms with van der Waals surface area (Å²) in [6.07, 6.45) is 0.913. The van der Waals surface area contributed by atoms with E-state index in [9.17, 15) is 4.79 Å². The summed E-state index contributed by atoms with van der Waals surface area (Å²) in [5, 5.41) is 0. The second-order valence-corrected chi connectivity index (χ2v) is 5.28. The third-order valence-electron chi connectivity index (χ3n) is 3.48. The number of benzene rings is 1. The van der Waals surface area contributed by atoms with Gasteiger partial charge in [0, 0.05) is 6.04 Å². The molecule has 0 aromatic heterocycles. The monoisotopic (exact) mass is 233 g/mol. The van der Waals surface area contributed by atoms with Crippen LogP contribution >= 0.6 is 0 Å². The van der Waals surface area contributed by atoms with Gasteiger partial charge >= 0.3 is 5.97 Å². The number of nitrogens with two attached hydrogens (primary N) is 1. The van der Waals surface area contributed by atoms with E-state index in [4.69, 9.17) is 10.5 Å². The molecule has 3 heteroatoms. The molecule has 0 amide bonds. The van der Waals surface area contributed by atoms with Crippen molar-refractivity contribution < 1.29 is 9.53 Å². The van der Waals surface area contributed by atoms with Gasteiger partial charge in [-0.15, -0.1) is 0 Å². The van der Waals surface area contributed by atoms with Crippen molar-refractivity contribution in [1.29, 1.82) is 0 Å². The van der Waals surface area contributed by atoms with Crippen molar-refractivity contribution in [3.63, 3.8) is 0 Å². The lowest BCUT2D eigenvalue weighted by atomic mass is 9.86. The molecule has 0 radical (unpaired) electrons. The maximum Gasteiger partial charge on any atom is 0.338 e. The number of ether oxygens (including phenoxy) is 1. The van der Waals surface area contributed by atoms with Crippen LogP contribution in [0.2, 0.25) is 0 Å². The maximum absolute atomic E-state index is 11.6. The Morgan fingerprint density at radius 2 is 2.24 bits per heavy atom. The van der Waals surface area contributed by atoms with Gasteiger partial charge < -0.3 is 10.5 Å². The molecule has 0 heterocycles. The summed E-state index contributed by atoms with van der Waals surface area (Å²) in [6.45, 7) is 6.52. The lowest BCUT2D eigenvalue weighted by Crippen LogP contribution is -2.24. The molecule has 2 rings (SSSR count). The fourth-order valence-electron chi connectivity index (χ4n) is 2.43. The Hall–Kier alpha value is -1.35. The highest BCUT2D eigenvalue weighted by Crippen LogP contribution is 2.43. The predicted octanol–water partition coefficient (Wildman–Crippen LogP) is 2.45. The molecule has 1 aliphatic carbocycles. The van der Waals surface area contributed by atoms with Crippen molar-refractivity contribution in [2.45, 2.75) is 33.2 Å². The number of carbonyl (C=O) groups excluding carboxylic acids is 1. The lowest BCUT2D eigenvalue weighted by Gasteiger charge is -2.23. The molecule has 0 bridgehead atoms. The summed E-state index contributed by atoms with van der Waals surface area (Å²) in [4.78, 5) is 11.6. The average Bonchev–Trinajstić information content (AvgIpc) is 2.49. The molecule has 17 heavy (non-hydrogen) atoms. The van der Waals surface area contributed by atoms with E-state index in [-0.39, 0.29) is 17.4 Å². The van der Waals surface area contributed by atoms with Gasteiger partial charge in [-0.1, -0.05) is 19.9 Å². The Morgan fingerprint density at radius 3 is 2.88 bits per heavy atom. The van der Waals surface area contributed by atoms with Crippen molar-refractivity contribution >= 4 is 5.97 Å². The minimum Gasteiger partial charge on any atom is -0.462 e. The highest BCUT2D eigenvalue weighted by Gasteiger charge is 2.36. The van der Waals surface area contributed by atoms with Crippen LogP contribution < -0.4 is 5.73 Å². The van der Waals surface area contributed by atoms with Gasteiger partial charge in [0.1, 0.15) is 0 Å². The molecule has 1 atom stereocenters. The molecular formula is C14H19NO2. The molecule has 1 aromatic carbocycles. The molecule has 0 saturated carbocycles. The lowest BCUT2D eigenvalue weighted by molar-refractivity contribution is 0.0526. The third-order valence-corrected chi connectivity index (χ3v) is 3.48. The van der Waals surface area contributed by atoms with E-state index < -0.39 is 0 Å². The van der Waals surface area contributed by atoms with Crippen LogP contribution in [-0.2, 0) is 11.2 Å². The number of hydrogen-bond acceptors (Lipinski definition) is 3. The normalized spacial score (nSPS) is 21.1. The van der Waals surface area contributed by atoms with Crippen LogP contribution in [0.1, 0.15) is 48.3 Å². The zero-order chi connectivity index (χ0) is 12.6. The van der Waals surface area contributed by atoms with Gasteiger partial charge in [-0.2, -0.15) is 0 Å². The van der Waals surface area contributed by atoms with Crippen molar-refractivity contribution in [2.75, 3.05) is 6.61 Å². The number of fused-ring (bicyclic) bond motifs is 1. The van der Waals surface area contributed by atoms with Crippen LogP contribution in [0.3, 0.4) is 0 Å². The van der Waals surface area contributed by atoms with Gasteiger partial charge in [-0.05, 0) is 42.0 Å². The largest absolute Gasteiger partial charge is 0.462 e. The zero-order valence-electron chi connectivity index (χ0n) is 10.6. The molecule has 0 saturated heterocycles. The quantitative estimate of drug-likeness (QED) is 0.798. The summed E-state index contributed by atoms with van der Waals surface area (Å²) in [5.41, 5.74) is 9.21. The van der Waals surface area contributed by atoms with Crippen molar-refractivity contribution in [1.82, 2.24) is 0 Å². The number of esters is 1. The molecule has 0 fully saturated rings. The number of rotatable bonds is 2. The van der Waals surface area contributed by atoms with E-state index in [1.807, 2.05) is 19.1 Å². The van der Waals surface area contributed by atoms with Gasteiger partial charge in [0.05, 0.1) is 12.2 Å². The van der Waals surface area contributed by atoms with E-state index in [1.54, 1.807) is 6.07 Å². The first-order chi connectivity index (χ1) is 7.95. The molecule has 92 valence electrons. The highest BCUT2D eigenvalue weighted by molar-refractivity contribution is 5.89. The highest BCUT2D eigenvalue weighted by atomic mass is 16.5. The van der Waals surface area contributed by atoms with Gasteiger partial charge in [-0.25, -0.2) is 4.79 Å². The second kappa shape index (κ2) is 4.15. The van der Waals surface area contributed by atoms with Gasteiger partial charge in [0.15, 0.2) is 0 Å². The Kier molecular flexibility index (Phi) is 2.96. The molecule has 3 nitrogen and oxygen atoms in total. The van der Waals surface area contributed by atoms with Crippen LogP contribution in [0.4, 0.5) is 0 Å². The van der Waals surface area contributed by atoms with Crippen molar-refractivity contribution in [3.8, 4) is 0 Å². The minimum absolute atomic E-state index is 0.0498. The first-order valence-electron chi connectivity index (χ1n) is 6.01. The Labute approximate surface area is 102 Å². The Morgan fingerprint density at radius 1 is 1.53 bits per heavy atom. The fourth-order valence-corrected chi connectivity index (χ4v) is 2.43. The third kappa shape index (κ3) is 2.07. The summed E-state index contributed by atoms with van der Waals surface area (Å²) >= 11 is 0. The summed E-state index contributed by atoms with van der Waals surface area (Å²) in [7, 11) is 0.